The molecule has 2 N–H and O–H groups in total. The predicted molar refractivity (Wildman–Crippen MR) is 158 cm³/mol. The molecule has 0 bridgehead atoms. The van der Waals surface area contributed by atoms with Crippen molar-refractivity contribution in [2.24, 2.45) is 0 Å². The van der Waals surface area contributed by atoms with Crippen LogP contribution in [-0.4, -0.2) is 62.0 Å². The van der Waals surface area contributed by atoms with E-state index in [0.29, 0.717) is 17.9 Å². The van der Waals surface area contributed by atoms with Crippen LogP contribution in [0.3, 0.4) is 0 Å². The molecule has 0 unspecified atom stereocenters. The fraction of sp³-hybridized carbons (Fsp3) is 0.318. The Balaban J connectivity index is 0.00000408. The van der Waals surface area contributed by atoms with Crippen molar-refractivity contribution in [3.05, 3.63) is 54.1 Å². The van der Waals surface area contributed by atoms with Crippen LogP contribution >= 0.6 is 37.2 Å². The van der Waals surface area contributed by atoms with Crippen LogP contribution in [0, 0.1) is 0 Å². The summed E-state index contributed by atoms with van der Waals surface area (Å²) in [5.74, 6) is 0.797. The first-order valence-corrected chi connectivity index (χ1v) is 14.0. The Morgan fingerprint density at radius 3 is 1.83 bits per heavy atom. The van der Waals surface area contributed by atoms with Crippen LogP contribution < -0.4 is 19.2 Å². The van der Waals surface area contributed by atoms with E-state index in [2.05, 4.69) is 14.3 Å². The normalized spacial score (nSPS) is 10.9. The van der Waals surface area contributed by atoms with Gasteiger partial charge in [0.25, 0.3) is 0 Å². The van der Waals surface area contributed by atoms with Crippen molar-refractivity contribution in [1.29, 1.82) is 0 Å². The SMILES string of the molecule is CN(C)c1cc(N(C)CCc2ccc(NS(C)(=O)=O)cc2)nc2ccc(NS(C)(=O)=O)cc12.Cl.Cl.Cl. The topological polar surface area (TPSA) is 112 Å². The number of hydrogen-bond donors (Lipinski definition) is 2. The number of benzene rings is 2. The van der Waals surface area contributed by atoms with Crippen LogP contribution in [0.5, 0.6) is 0 Å². The van der Waals surface area contributed by atoms with E-state index in [4.69, 9.17) is 4.98 Å². The zero-order chi connectivity index (χ0) is 24.4. The van der Waals surface area contributed by atoms with Crippen LogP contribution in [0.2, 0.25) is 0 Å². The quantitative estimate of drug-likeness (QED) is 0.382. The molecule has 3 rings (SSSR count). The zero-order valence-electron chi connectivity index (χ0n) is 20.5. The number of pyridine rings is 1. The Bertz CT molecular complexity index is 1370. The first-order chi connectivity index (χ1) is 15.3. The van der Waals surface area contributed by atoms with E-state index in [1.165, 1.54) is 0 Å². The van der Waals surface area contributed by atoms with Gasteiger partial charge in [0.05, 0.1) is 18.0 Å². The summed E-state index contributed by atoms with van der Waals surface area (Å²) in [6.45, 7) is 0.706. The van der Waals surface area contributed by atoms with Crippen LogP contribution in [0.4, 0.5) is 22.9 Å². The van der Waals surface area contributed by atoms with E-state index in [-0.39, 0.29) is 37.2 Å². The Morgan fingerprint density at radius 2 is 1.31 bits per heavy atom. The summed E-state index contributed by atoms with van der Waals surface area (Å²) in [5, 5.41) is 0.847. The molecule has 9 nitrogen and oxygen atoms in total. The van der Waals surface area contributed by atoms with Gasteiger partial charge in [0.1, 0.15) is 5.82 Å². The molecule has 0 aliphatic rings. The third-order valence-electron chi connectivity index (χ3n) is 4.94. The minimum atomic E-state index is -3.37. The molecule has 0 atom stereocenters. The molecule has 0 fully saturated rings. The number of nitrogens with zero attached hydrogens (tertiary/aromatic N) is 3. The standard InChI is InChI=1S/C22H29N5O4S2.3ClH/c1-26(2)21-15-22(23-20-11-10-18(14-19(20)21)25-33(5,30)31)27(3)13-12-16-6-8-17(9-7-16)24-32(4,28)29;;;/h6-11,14-15,24-25H,12-13H2,1-5H3;3*1H. The van der Waals surface area contributed by atoms with E-state index < -0.39 is 20.0 Å². The first kappa shape index (κ1) is 33.8. The second kappa shape index (κ2) is 13.4. The van der Waals surface area contributed by atoms with Gasteiger partial charge in [-0.1, -0.05) is 12.1 Å². The number of nitrogens with one attached hydrogen (secondary N) is 2. The van der Waals surface area contributed by atoms with Crippen LogP contribution in [0.1, 0.15) is 5.56 Å². The van der Waals surface area contributed by atoms with Crippen LogP contribution in [-0.2, 0) is 26.5 Å². The lowest BCUT2D eigenvalue weighted by atomic mass is 10.1. The summed E-state index contributed by atoms with van der Waals surface area (Å²) < 4.78 is 50.8. The molecule has 2 aromatic carbocycles. The van der Waals surface area contributed by atoms with Gasteiger partial charge in [-0.2, -0.15) is 0 Å². The summed E-state index contributed by atoms with van der Waals surface area (Å²) in [5.41, 5.74) is 3.79. The molecule has 3 aromatic rings. The molecule has 0 radical (unpaired) electrons. The zero-order valence-corrected chi connectivity index (χ0v) is 24.6. The third kappa shape index (κ3) is 9.70. The van der Waals surface area contributed by atoms with Gasteiger partial charge in [-0.05, 0) is 42.3 Å². The maximum atomic E-state index is 11.6. The predicted octanol–water partition coefficient (Wildman–Crippen LogP) is 3.99. The van der Waals surface area contributed by atoms with Crippen molar-refractivity contribution < 1.29 is 16.8 Å². The highest BCUT2D eigenvalue weighted by atomic mass is 35.5. The molecule has 0 saturated heterocycles. The van der Waals surface area contributed by atoms with Crippen molar-refractivity contribution in [2.45, 2.75) is 6.42 Å². The number of rotatable bonds is 9. The lowest BCUT2D eigenvalue weighted by molar-refractivity contribution is 0.605. The fourth-order valence-electron chi connectivity index (χ4n) is 3.40. The van der Waals surface area contributed by atoms with Gasteiger partial charge < -0.3 is 9.80 Å². The van der Waals surface area contributed by atoms with Crippen molar-refractivity contribution in [2.75, 3.05) is 59.4 Å². The van der Waals surface area contributed by atoms with Gasteiger partial charge in [-0.3, -0.25) is 9.44 Å². The Kier molecular flexibility index (Phi) is 12.6. The summed E-state index contributed by atoms with van der Waals surface area (Å²) in [4.78, 5) is 8.79. The number of anilines is 4. The Morgan fingerprint density at radius 1 is 0.778 bits per heavy atom. The summed E-state index contributed by atoms with van der Waals surface area (Å²) >= 11 is 0. The van der Waals surface area contributed by atoms with E-state index in [1.54, 1.807) is 30.3 Å². The van der Waals surface area contributed by atoms with Crippen molar-refractivity contribution in [3.63, 3.8) is 0 Å². The molecule has 202 valence electrons. The highest BCUT2D eigenvalue weighted by molar-refractivity contribution is 7.92. The van der Waals surface area contributed by atoms with E-state index in [9.17, 15) is 16.8 Å². The fourth-order valence-corrected chi connectivity index (χ4v) is 4.52. The van der Waals surface area contributed by atoms with Crippen molar-refractivity contribution in [3.8, 4) is 0 Å². The largest absolute Gasteiger partial charge is 0.377 e. The first-order valence-electron chi connectivity index (χ1n) is 10.2. The van der Waals surface area contributed by atoms with E-state index in [1.807, 2.05) is 44.2 Å². The lowest BCUT2D eigenvalue weighted by Gasteiger charge is -2.23. The monoisotopic (exact) mass is 599 g/mol. The molecular weight excluding hydrogens is 569 g/mol. The molecule has 1 heterocycles. The van der Waals surface area contributed by atoms with Gasteiger partial charge in [0, 0.05) is 56.2 Å². The number of hydrogen-bond acceptors (Lipinski definition) is 7. The average molecular weight is 601 g/mol. The van der Waals surface area contributed by atoms with Crippen molar-refractivity contribution in [1.82, 2.24) is 4.98 Å². The highest BCUT2D eigenvalue weighted by Crippen LogP contribution is 2.31. The molecule has 0 amide bonds. The molecule has 0 aliphatic heterocycles. The molecular formula is C22H32Cl3N5O4S2. The average Bonchev–Trinajstić information content (AvgIpc) is 2.69. The van der Waals surface area contributed by atoms with Crippen LogP contribution in [0.15, 0.2) is 48.5 Å². The third-order valence-corrected chi connectivity index (χ3v) is 6.16. The number of sulfonamides is 2. The Hall–Kier alpha value is -2.18. The summed E-state index contributed by atoms with van der Waals surface area (Å²) in [7, 11) is -0.840. The van der Waals surface area contributed by atoms with Gasteiger partial charge in [-0.15, -0.1) is 37.2 Å². The number of fused-ring (bicyclic) bond motifs is 1. The summed E-state index contributed by atoms with van der Waals surface area (Å²) in [6, 6.07) is 14.6. The van der Waals surface area contributed by atoms with E-state index in [0.717, 1.165) is 46.9 Å². The second-order valence-electron chi connectivity index (χ2n) is 8.24. The smallest absolute Gasteiger partial charge is 0.229 e. The number of likely N-dealkylation sites (N-methyl/N-ethyl adjacent to an activating group) is 1. The molecule has 1 aromatic heterocycles. The lowest BCUT2D eigenvalue weighted by Crippen LogP contribution is -2.22. The highest BCUT2D eigenvalue weighted by Gasteiger charge is 2.13. The van der Waals surface area contributed by atoms with Gasteiger partial charge in [0.2, 0.25) is 20.0 Å². The minimum absolute atomic E-state index is 0. The molecule has 0 saturated carbocycles. The van der Waals surface area contributed by atoms with Gasteiger partial charge in [0.15, 0.2) is 0 Å². The maximum absolute atomic E-state index is 11.6. The molecule has 0 spiro atoms. The summed E-state index contributed by atoms with van der Waals surface area (Å²) in [6.07, 6.45) is 3.00. The van der Waals surface area contributed by atoms with Crippen molar-refractivity contribution >= 4 is 91.1 Å². The number of halogens is 3. The molecule has 0 aliphatic carbocycles. The van der Waals surface area contributed by atoms with Gasteiger partial charge in [-0.25, -0.2) is 21.8 Å². The molecule has 36 heavy (non-hydrogen) atoms. The number of aromatic nitrogens is 1. The van der Waals surface area contributed by atoms with E-state index >= 15 is 0 Å². The minimum Gasteiger partial charge on any atom is -0.377 e. The van der Waals surface area contributed by atoms with Gasteiger partial charge >= 0.3 is 0 Å². The maximum Gasteiger partial charge on any atom is 0.229 e. The Labute approximate surface area is 232 Å². The van der Waals surface area contributed by atoms with Crippen LogP contribution in [0.25, 0.3) is 10.9 Å². The second-order valence-corrected chi connectivity index (χ2v) is 11.7. The molecule has 14 heteroatoms.